The van der Waals surface area contributed by atoms with Gasteiger partial charge in [0.1, 0.15) is 11.9 Å². The van der Waals surface area contributed by atoms with E-state index in [1.54, 1.807) is 11.8 Å². The van der Waals surface area contributed by atoms with Crippen LogP contribution in [0.25, 0.3) is 0 Å². The number of carbonyl (C=O) groups excluding carboxylic acids is 1. The molecule has 1 aliphatic rings. The van der Waals surface area contributed by atoms with Crippen LogP contribution in [0.2, 0.25) is 5.02 Å². The third-order valence-corrected chi connectivity index (χ3v) is 4.72. The maximum atomic E-state index is 12.2. The molecule has 4 nitrogen and oxygen atoms in total. The van der Waals surface area contributed by atoms with E-state index < -0.39 is 0 Å². The average Bonchev–Trinajstić information content (AvgIpc) is 2.55. The van der Waals surface area contributed by atoms with Gasteiger partial charge in [0.15, 0.2) is 0 Å². The van der Waals surface area contributed by atoms with E-state index in [1.807, 2.05) is 35.4 Å². The van der Waals surface area contributed by atoms with Gasteiger partial charge in [-0.2, -0.15) is 11.8 Å². The summed E-state index contributed by atoms with van der Waals surface area (Å²) in [5.41, 5.74) is 5.96. The Balaban J connectivity index is 1.77. The van der Waals surface area contributed by atoms with Crippen LogP contribution in [-0.2, 0) is 4.79 Å². The smallest absolute Gasteiger partial charge is 0.239 e. The highest BCUT2D eigenvalue weighted by atomic mass is 35.5. The summed E-state index contributed by atoms with van der Waals surface area (Å²) in [5.74, 6) is 1.81. The largest absolute Gasteiger partial charge is 0.490 e. The number of carbonyl (C=O) groups is 1. The summed E-state index contributed by atoms with van der Waals surface area (Å²) in [5, 5.41) is 0.701. The van der Waals surface area contributed by atoms with E-state index in [4.69, 9.17) is 22.1 Å². The molecule has 1 aliphatic heterocycles. The second-order valence-electron chi connectivity index (χ2n) is 5.48. The van der Waals surface area contributed by atoms with Gasteiger partial charge in [0.2, 0.25) is 5.91 Å². The number of likely N-dealkylation sites (tertiary alicyclic amines) is 1. The molecule has 0 bridgehead atoms. The molecule has 1 atom stereocenters. The van der Waals surface area contributed by atoms with E-state index in [9.17, 15) is 4.79 Å². The SMILES string of the molecule is CSCC[C@H](N)C(=O)N1CCC(Oc2ccc(Cl)cc2)CC1. The molecule has 1 saturated heterocycles. The summed E-state index contributed by atoms with van der Waals surface area (Å²) in [6.07, 6.45) is 4.58. The van der Waals surface area contributed by atoms with Gasteiger partial charge in [0.05, 0.1) is 6.04 Å². The first kappa shape index (κ1) is 17.4. The maximum absolute atomic E-state index is 12.2. The van der Waals surface area contributed by atoms with E-state index in [1.165, 1.54) is 0 Å². The fraction of sp³-hybridized carbons (Fsp3) is 0.562. The van der Waals surface area contributed by atoms with Gasteiger partial charge >= 0.3 is 0 Å². The average molecular weight is 343 g/mol. The summed E-state index contributed by atoms with van der Waals surface area (Å²) in [6, 6.07) is 7.01. The predicted molar refractivity (Wildman–Crippen MR) is 92.7 cm³/mol. The van der Waals surface area contributed by atoms with Crippen molar-refractivity contribution in [1.82, 2.24) is 4.90 Å². The van der Waals surface area contributed by atoms with Crippen molar-refractivity contribution in [3.05, 3.63) is 29.3 Å². The number of hydrogen-bond acceptors (Lipinski definition) is 4. The first-order valence-electron chi connectivity index (χ1n) is 7.55. The zero-order chi connectivity index (χ0) is 15.9. The van der Waals surface area contributed by atoms with Crippen molar-refractivity contribution in [2.75, 3.05) is 25.1 Å². The molecule has 1 fully saturated rings. The van der Waals surface area contributed by atoms with Gasteiger partial charge < -0.3 is 15.4 Å². The van der Waals surface area contributed by atoms with E-state index >= 15 is 0 Å². The Morgan fingerprint density at radius 1 is 1.41 bits per heavy atom. The third kappa shape index (κ3) is 5.07. The normalized spacial score (nSPS) is 17.3. The zero-order valence-electron chi connectivity index (χ0n) is 12.8. The van der Waals surface area contributed by atoms with E-state index in [0.29, 0.717) is 18.1 Å². The first-order chi connectivity index (χ1) is 10.6. The standard InChI is InChI=1S/C16H23ClN2O2S/c1-22-11-8-15(18)16(20)19-9-6-14(7-10-19)21-13-4-2-12(17)3-5-13/h2-5,14-15H,6-11,18H2,1H3/t15-/m0/s1. The lowest BCUT2D eigenvalue weighted by molar-refractivity contribution is -0.134. The maximum Gasteiger partial charge on any atom is 0.239 e. The number of amides is 1. The zero-order valence-corrected chi connectivity index (χ0v) is 14.4. The fourth-order valence-corrected chi connectivity index (χ4v) is 3.12. The lowest BCUT2D eigenvalue weighted by Gasteiger charge is -2.33. The van der Waals surface area contributed by atoms with Crippen LogP contribution in [0.1, 0.15) is 19.3 Å². The van der Waals surface area contributed by atoms with Crippen molar-refractivity contribution in [1.29, 1.82) is 0 Å². The third-order valence-electron chi connectivity index (χ3n) is 3.82. The molecule has 1 aromatic carbocycles. The molecule has 0 unspecified atom stereocenters. The molecule has 6 heteroatoms. The number of piperidine rings is 1. The van der Waals surface area contributed by atoms with Gasteiger partial charge in [-0.3, -0.25) is 4.79 Å². The lowest BCUT2D eigenvalue weighted by atomic mass is 10.1. The van der Waals surface area contributed by atoms with Crippen LogP contribution in [0, 0.1) is 0 Å². The Labute approximate surface area is 141 Å². The van der Waals surface area contributed by atoms with Crippen molar-refractivity contribution >= 4 is 29.3 Å². The molecule has 1 heterocycles. The quantitative estimate of drug-likeness (QED) is 0.863. The monoisotopic (exact) mass is 342 g/mol. The summed E-state index contributed by atoms with van der Waals surface area (Å²) in [4.78, 5) is 14.1. The van der Waals surface area contributed by atoms with E-state index in [-0.39, 0.29) is 18.1 Å². The number of halogens is 1. The van der Waals surface area contributed by atoms with Crippen LogP contribution in [0.15, 0.2) is 24.3 Å². The molecular weight excluding hydrogens is 320 g/mol. The van der Waals surface area contributed by atoms with Crippen molar-refractivity contribution in [2.24, 2.45) is 5.73 Å². The Morgan fingerprint density at radius 2 is 2.05 bits per heavy atom. The number of nitrogens with two attached hydrogens (primary N) is 1. The van der Waals surface area contributed by atoms with Crippen LogP contribution in [0.5, 0.6) is 5.75 Å². The second-order valence-corrected chi connectivity index (χ2v) is 6.91. The van der Waals surface area contributed by atoms with Crippen LogP contribution in [-0.4, -0.2) is 48.1 Å². The number of benzene rings is 1. The molecule has 1 amide bonds. The number of ether oxygens (including phenoxy) is 1. The van der Waals surface area contributed by atoms with Crippen molar-refractivity contribution in [3.8, 4) is 5.75 Å². The van der Waals surface area contributed by atoms with Gasteiger partial charge in [-0.25, -0.2) is 0 Å². The summed E-state index contributed by atoms with van der Waals surface area (Å²) in [6.45, 7) is 1.42. The predicted octanol–water partition coefficient (Wildman–Crippen LogP) is 2.79. The van der Waals surface area contributed by atoms with Crippen molar-refractivity contribution in [3.63, 3.8) is 0 Å². The lowest BCUT2D eigenvalue weighted by Crippen LogP contribution is -2.48. The van der Waals surface area contributed by atoms with E-state index in [2.05, 4.69) is 0 Å². The Hall–Kier alpha value is -0.910. The Morgan fingerprint density at radius 3 is 2.64 bits per heavy atom. The highest BCUT2D eigenvalue weighted by molar-refractivity contribution is 7.98. The highest BCUT2D eigenvalue weighted by Crippen LogP contribution is 2.21. The molecule has 0 aromatic heterocycles. The van der Waals surface area contributed by atoms with Gasteiger partial charge in [0, 0.05) is 31.0 Å². The van der Waals surface area contributed by atoms with Crippen molar-refractivity contribution in [2.45, 2.75) is 31.4 Å². The van der Waals surface area contributed by atoms with Gasteiger partial charge in [-0.15, -0.1) is 0 Å². The van der Waals surface area contributed by atoms with Gasteiger partial charge in [-0.1, -0.05) is 11.6 Å². The summed E-state index contributed by atoms with van der Waals surface area (Å²) < 4.78 is 5.93. The molecule has 1 aromatic rings. The van der Waals surface area contributed by atoms with Crippen LogP contribution in [0.3, 0.4) is 0 Å². The summed E-state index contributed by atoms with van der Waals surface area (Å²) >= 11 is 7.58. The minimum Gasteiger partial charge on any atom is -0.490 e. The number of thioether (sulfide) groups is 1. The molecule has 0 radical (unpaired) electrons. The minimum atomic E-state index is -0.374. The number of hydrogen-bond donors (Lipinski definition) is 1. The fourth-order valence-electron chi connectivity index (χ4n) is 2.50. The van der Waals surface area contributed by atoms with Crippen LogP contribution in [0.4, 0.5) is 0 Å². The molecule has 2 N–H and O–H groups in total. The minimum absolute atomic E-state index is 0.0685. The second kappa shape index (κ2) is 8.65. The molecule has 0 aliphatic carbocycles. The van der Waals surface area contributed by atoms with Gasteiger partial charge in [0.25, 0.3) is 0 Å². The number of nitrogens with zero attached hydrogens (tertiary/aromatic N) is 1. The molecule has 2 rings (SSSR count). The summed E-state index contributed by atoms with van der Waals surface area (Å²) in [7, 11) is 0. The number of rotatable bonds is 6. The first-order valence-corrected chi connectivity index (χ1v) is 9.33. The molecular formula is C16H23ClN2O2S. The van der Waals surface area contributed by atoms with Crippen LogP contribution >= 0.6 is 23.4 Å². The molecule has 22 heavy (non-hydrogen) atoms. The Kier molecular flexibility index (Phi) is 6.86. The molecule has 0 spiro atoms. The van der Waals surface area contributed by atoms with Crippen molar-refractivity contribution < 1.29 is 9.53 Å². The van der Waals surface area contributed by atoms with Gasteiger partial charge in [-0.05, 0) is 42.7 Å². The van der Waals surface area contributed by atoms with E-state index in [0.717, 1.165) is 30.8 Å². The highest BCUT2D eigenvalue weighted by Gasteiger charge is 2.26. The van der Waals surface area contributed by atoms with Crippen LogP contribution < -0.4 is 10.5 Å². The topological polar surface area (TPSA) is 55.6 Å². The Bertz CT molecular complexity index is 476. The molecule has 122 valence electrons. The molecule has 0 saturated carbocycles.